The molecule has 1 heterocycles. The highest BCUT2D eigenvalue weighted by molar-refractivity contribution is 5.74. The molecule has 1 fully saturated rings. The molecule has 6 nitrogen and oxygen atoms in total. The Morgan fingerprint density at radius 1 is 1.26 bits per heavy atom. The Hall–Kier alpha value is -2.08. The van der Waals surface area contributed by atoms with E-state index in [0.29, 0.717) is 19.4 Å². The molecular weight excluding hydrogens is 344 g/mol. The molecule has 0 radical (unpaired) electrons. The van der Waals surface area contributed by atoms with Crippen molar-refractivity contribution < 1.29 is 19.4 Å². The van der Waals surface area contributed by atoms with E-state index < -0.39 is 5.97 Å². The van der Waals surface area contributed by atoms with Crippen LogP contribution in [0.5, 0.6) is 0 Å². The molecule has 0 aromatic heterocycles. The first-order chi connectivity index (χ1) is 13.1. The number of amides is 2. The van der Waals surface area contributed by atoms with Crippen molar-refractivity contribution in [3.05, 3.63) is 35.9 Å². The van der Waals surface area contributed by atoms with E-state index in [1.165, 1.54) is 0 Å². The van der Waals surface area contributed by atoms with Crippen LogP contribution in [0.15, 0.2) is 30.3 Å². The molecule has 2 amide bonds. The van der Waals surface area contributed by atoms with Gasteiger partial charge in [0.2, 0.25) is 0 Å². The summed E-state index contributed by atoms with van der Waals surface area (Å²) in [5.74, 6) is -0.840. The fourth-order valence-corrected chi connectivity index (χ4v) is 3.41. The van der Waals surface area contributed by atoms with E-state index in [4.69, 9.17) is 9.84 Å². The number of carboxylic acids is 1. The number of nitrogens with one attached hydrogen (secondary N) is 1. The maximum Gasteiger partial charge on any atom is 0.317 e. The first-order valence-corrected chi connectivity index (χ1v) is 10.0. The molecule has 2 rings (SSSR count). The van der Waals surface area contributed by atoms with E-state index in [9.17, 15) is 9.59 Å². The molecule has 0 saturated carbocycles. The number of nitrogens with zero attached hydrogens (tertiary/aromatic N) is 1. The molecule has 2 atom stereocenters. The first kappa shape index (κ1) is 21.2. The second-order valence-electron chi connectivity index (χ2n) is 7.18. The molecule has 150 valence electrons. The highest BCUT2D eigenvalue weighted by Gasteiger charge is 2.23. The number of ether oxygens (including phenoxy) is 1. The van der Waals surface area contributed by atoms with Crippen molar-refractivity contribution in [3.8, 4) is 0 Å². The maximum atomic E-state index is 12.7. The topological polar surface area (TPSA) is 78.9 Å². The van der Waals surface area contributed by atoms with Crippen LogP contribution in [0, 0.1) is 0 Å². The number of rotatable bonds is 9. The van der Waals surface area contributed by atoms with Gasteiger partial charge in [-0.25, -0.2) is 4.79 Å². The minimum Gasteiger partial charge on any atom is -0.481 e. The van der Waals surface area contributed by atoms with Gasteiger partial charge in [0.25, 0.3) is 0 Å². The maximum absolute atomic E-state index is 12.7. The number of aliphatic carboxylic acids is 1. The molecule has 2 unspecified atom stereocenters. The predicted octanol–water partition coefficient (Wildman–Crippen LogP) is 3.45. The quantitative estimate of drug-likeness (QED) is 0.692. The van der Waals surface area contributed by atoms with Crippen molar-refractivity contribution >= 4 is 12.0 Å². The second kappa shape index (κ2) is 11.6. The number of hydrogen-bond donors (Lipinski definition) is 2. The highest BCUT2D eigenvalue weighted by Crippen LogP contribution is 2.15. The number of carbonyl (C=O) groups is 2. The zero-order valence-electron chi connectivity index (χ0n) is 16.2. The van der Waals surface area contributed by atoms with Gasteiger partial charge in [-0.1, -0.05) is 37.3 Å². The van der Waals surface area contributed by atoms with Crippen molar-refractivity contribution in [2.45, 2.75) is 64.0 Å². The summed E-state index contributed by atoms with van der Waals surface area (Å²) in [5, 5.41) is 12.1. The number of benzene rings is 1. The lowest BCUT2D eigenvalue weighted by Crippen LogP contribution is -2.46. The van der Waals surface area contributed by atoms with Crippen LogP contribution in [0.3, 0.4) is 0 Å². The van der Waals surface area contributed by atoms with Crippen LogP contribution in [0.4, 0.5) is 4.79 Å². The smallest absolute Gasteiger partial charge is 0.317 e. The third-order valence-electron chi connectivity index (χ3n) is 4.88. The molecule has 0 bridgehead atoms. The Kier molecular flexibility index (Phi) is 9.11. The van der Waals surface area contributed by atoms with Crippen LogP contribution in [-0.2, 0) is 16.0 Å². The number of urea groups is 1. The van der Waals surface area contributed by atoms with Crippen LogP contribution in [0.25, 0.3) is 0 Å². The third-order valence-corrected chi connectivity index (χ3v) is 4.88. The van der Waals surface area contributed by atoms with E-state index in [2.05, 4.69) is 12.2 Å². The zero-order chi connectivity index (χ0) is 19.5. The van der Waals surface area contributed by atoms with Crippen molar-refractivity contribution in [2.24, 2.45) is 0 Å². The monoisotopic (exact) mass is 376 g/mol. The Morgan fingerprint density at radius 3 is 2.74 bits per heavy atom. The zero-order valence-corrected chi connectivity index (χ0v) is 16.2. The first-order valence-electron chi connectivity index (χ1n) is 10.0. The van der Waals surface area contributed by atoms with Gasteiger partial charge in [0, 0.05) is 32.2 Å². The minimum absolute atomic E-state index is 0.0463. The molecule has 1 aliphatic heterocycles. The Labute approximate surface area is 161 Å². The average Bonchev–Trinajstić information content (AvgIpc) is 2.91. The Balaban J connectivity index is 1.90. The minimum atomic E-state index is -0.840. The van der Waals surface area contributed by atoms with E-state index >= 15 is 0 Å². The van der Waals surface area contributed by atoms with Crippen LogP contribution in [-0.4, -0.2) is 53.8 Å². The lowest BCUT2D eigenvalue weighted by molar-refractivity contribution is -0.137. The normalized spacial score (nSPS) is 18.6. The number of hydrogen-bond acceptors (Lipinski definition) is 3. The van der Waals surface area contributed by atoms with Gasteiger partial charge in [-0.3, -0.25) is 4.79 Å². The summed E-state index contributed by atoms with van der Waals surface area (Å²) in [6.07, 6.45) is 5.11. The lowest BCUT2D eigenvalue weighted by Gasteiger charge is -2.25. The van der Waals surface area contributed by atoms with E-state index in [1.807, 2.05) is 35.2 Å². The van der Waals surface area contributed by atoms with Gasteiger partial charge >= 0.3 is 12.0 Å². The summed E-state index contributed by atoms with van der Waals surface area (Å²) >= 11 is 0. The van der Waals surface area contributed by atoms with Crippen LogP contribution in [0.1, 0.15) is 51.0 Å². The second-order valence-corrected chi connectivity index (χ2v) is 7.18. The Bertz CT molecular complexity index is 579. The summed E-state index contributed by atoms with van der Waals surface area (Å²) < 4.78 is 5.84. The number of likely N-dealkylation sites (tertiary alicyclic amines) is 1. The molecule has 2 N–H and O–H groups in total. The molecule has 1 aromatic carbocycles. The number of carbonyl (C=O) groups excluding carboxylic acids is 1. The molecule has 6 heteroatoms. The summed E-state index contributed by atoms with van der Waals surface area (Å²) in [6.45, 7) is 4.26. The van der Waals surface area contributed by atoms with E-state index in [-0.39, 0.29) is 24.6 Å². The molecule has 0 spiro atoms. The summed E-state index contributed by atoms with van der Waals surface area (Å²) in [7, 11) is 0. The predicted molar refractivity (Wildman–Crippen MR) is 105 cm³/mol. The van der Waals surface area contributed by atoms with Crippen molar-refractivity contribution in [2.75, 3.05) is 19.7 Å². The fourth-order valence-electron chi connectivity index (χ4n) is 3.41. The molecular formula is C21H32N2O4. The van der Waals surface area contributed by atoms with Crippen molar-refractivity contribution in [1.29, 1.82) is 0 Å². The molecule has 1 aliphatic rings. The SMILES string of the molecule is CCCOC1CCCN(C(=O)NC(CCC(=O)O)Cc2ccccc2)CC1. The average molecular weight is 376 g/mol. The van der Waals surface area contributed by atoms with Gasteiger partial charge in [-0.05, 0) is 44.1 Å². The van der Waals surface area contributed by atoms with Crippen molar-refractivity contribution in [1.82, 2.24) is 10.2 Å². The third kappa shape index (κ3) is 7.99. The van der Waals surface area contributed by atoms with E-state index in [1.54, 1.807) is 0 Å². The molecule has 1 saturated heterocycles. The lowest BCUT2D eigenvalue weighted by atomic mass is 10.0. The van der Waals surface area contributed by atoms with E-state index in [0.717, 1.165) is 44.4 Å². The molecule has 0 aliphatic carbocycles. The fraction of sp³-hybridized carbons (Fsp3) is 0.619. The Morgan fingerprint density at radius 2 is 2.04 bits per heavy atom. The van der Waals surface area contributed by atoms with Crippen LogP contribution >= 0.6 is 0 Å². The largest absolute Gasteiger partial charge is 0.481 e. The standard InChI is InChI=1S/C21H32N2O4/c1-2-15-27-19-9-6-13-23(14-12-19)21(26)22-18(10-11-20(24)25)16-17-7-4-3-5-8-17/h3-5,7-8,18-19H,2,6,9-16H2,1H3,(H,22,26)(H,24,25). The highest BCUT2D eigenvalue weighted by atomic mass is 16.5. The number of carboxylic acid groups (broad SMARTS) is 1. The van der Waals surface area contributed by atoms with Crippen LogP contribution < -0.4 is 5.32 Å². The summed E-state index contributed by atoms with van der Waals surface area (Å²) in [5.41, 5.74) is 1.09. The van der Waals surface area contributed by atoms with Crippen LogP contribution in [0.2, 0.25) is 0 Å². The van der Waals surface area contributed by atoms with Gasteiger partial charge in [0.1, 0.15) is 0 Å². The van der Waals surface area contributed by atoms with Gasteiger partial charge in [-0.2, -0.15) is 0 Å². The van der Waals surface area contributed by atoms with Gasteiger partial charge in [0.15, 0.2) is 0 Å². The van der Waals surface area contributed by atoms with Gasteiger partial charge in [-0.15, -0.1) is 0 Å². The molecule has 1 aromatic rings. The summed E-state index contributed by atoms with van der Waals surface area (Å²) in [4.78, 5) is 25.6. The molecule has 27 heavy (non-hydrogen) atoms. The summed E-state index contributed by atoms with van der Waals surface area (Å²) in [6, 6.07) is 9.57. The van der Waals surface area contributed by atoms with Gasteiger partial charge in [0.05, 0.1) is 6.10 Å². The van der Waals surface area contributed by atoms with Crippen molar-refractivity contribution in [3.63, 3.8) is 0 Å². The van der Waals surface area contributed by atoms with Gasteiger partial charge < -0.3 is 20.1 Å².